The lowest BCUT2D eigenvalue weighted by molar-refractivity contribution is 0.0746. The standard InChI is InChI=1S/C16H16O2/c1-11-7-6-10-14(12(11)2)16(18)15(17)13-8-4-3-5-9-13/h3-10,15,17H,1-2H3. The van der Waals surface area contributed by atoms with E-state index in [2.05, 4.69) is 0 Å². The molecule has 0 amide bonds. The molecule has 18 heavy (non-hydrogen) atoms. The number of benzene rings is 2. The summed E-state index contributed by atoms with van der Waals surface area (Å²) < 4.78 is 0. The summed E-state index contributed by atoms with van der Waals surface area (Å²) >= 11 is 0. The molecule has 1 atom stereocenters. The number of carbonyl (C=O) groups is 1. The Morgan fingerprint density at radius 2 is 1.67 bits per heavy atom. The highest BCUT2D eigenvalue weighted by Gasteiger charge is 2.20. The van der Waals surface area contributed by atoms with Crippen LogP contribution in [0.1, 0.15) is 33.2 Å². The molecule has 2 aromatic rings. The molecule has 2 aromatic carbocycles. The maximum atomic E-state index is 12.3. The molecule has 1 unspecified atom stereocenters. The minimum absolute atomic E-state index is 0.248. The van der Waals surface area contributed by atoms with Crippen molar-refractivity contribution in [3.63, 3.8) is 0 Å². The second-order valence-corrected chi connectivity index (χ2v) is 4.42. The van der Waals surface area contributed by atoms with Gasteiger partial charge in [0.1, 0.15) is 6.10 Å². The topological polar surface area (TPSA) is 37.3 Å². The van der Waals surface area contributed by atoms with Crippen LogP contribution in [0.15, 0.2) is 48.5 Å². The Kier molecular flexibility index (Phi) is 3.58. The Morgan fingerprint density at radius 3 is 2.33 bits per heavy atom. The zero-order valence-electron chi connectivity index (χ0n) is 10.6. The van der Waals surface area contributed by atoms with E-state index in [1.54, 1.807) is 18.2 Å². The molecule has 0 aromatic heterocycles. The molecule has 0 saturated carbocycles. The number of Topliss-reactive ketones (excluding diaryl/α,β-unsaturated/α-hetero) is 1. The summed E-state index contributed by atoms with van der Waals surface area (Å²) in [5, 5.41) is 10.1. The fourth-order valence-electron chi connectivity index (χ4n) is 1.95. The number of ketones is 1. The van der Waals surface area contributed by atoms with Crippen LogP contribution in [-0.2, 0) is 0 Å². The number of hydrogen-bond donors (Lipinski definition) is 1. The average molecular weight is 240 g/mol. The van der Waals surface area contributed by atoms with Crippen molar-refractivity contribution < 1.29 is 9.90 Å². The van der Waals surface area contributed by atoms with Crippen molar-refractivity contribution in [1.29, 1.82) is 0 Å². The molecule has 0 heterocycles. The van der Waals surface area contributed by atoms with E-state index in [0.717, 1.165) is 11.1 Å². The van der Waals surface area contributed by atoms with Crippen molar-refractivity contribution in [2.24, 2.45) is 0 Å². The summed E-state index contributed by atoms with van der Waals surface area (Å²) in [6, 6.07) is 14.6. The van der Waals surface area contributed by atoms with Crippen molar-refractivity contribution in [3.05, 3.63) is 70.8 Å². The van der Waals surface area contributed by atoms with E-state index in [1.807, 2.05) is 44.2 Å². The predicted octanol–water partition coefficient (Wildman–Crippen LogP) is 3.22. The van der Waals surface area contributed by atoms with Crippen LogP contribution in [0.4, 0.5) is 0 Å². The normalized spacial score (nSPS) is 12.2. The van der Waals surface area contributed by atoms with Crippen LogP contribution in [0.3, 0.4) is 0 Å². The molecule has 2 nitrogen and oxygen atoms in total. The molecule has 92 valence electrons. The Labute approximate surface area is 107 Å². The van der Waals surface area contributed by atoms with Crippen molar-refractivity contribution >= 4 is 5.78 Å². The minimum atomic E-state index is -1.09. The predicted molar refractivity (Wildman–Crippen MR) is 71.6 cm³/mol. The maximum absolute atomic E-state index is 12.3. The zero-order chi connectivity index (χ0) is 13.1. The summed E-state index contributed by atoms with van der Waals surface area (Å²) in [5.74, 6) is -0.248. The van der Waals surface area contributed by atoms with E-state index < -0.39 is 6.10 Å². The minimum Gasteiger partial charge on any atom is -0.380 e. The fourth-order valence-corrected chi connectivity index (χ4v) is 1.95. The summed E-state index contributed by atoms with van der Waals surface area (Å²) in [6.07, 6.45) is -1.09. The third-order valence-electron chi connectivity index (χ3n) is 3.23. The van der Waals surface area contributed by atoms with Crippen LogP contribution < -0.4 is 0 Å². The van der Waals surface area contributed by atoms with Crippen molar-refractivity contribution in [2.45, 2.75) is 20.0 Å². The van der Waals surface area contributed by atoms with E-state index in [0.29, 0.717) is 11.1 Å². The van der Waals surface area contributed by atoms with Gasteiger partial charge in [0.25, 0.3) is 0 Å². The lowest BCUT2D eigenvalue weighted by atomic mass is 9.94. The van der Waals surface area contributed by atoms with Gasteiger partial charge in [-0.3, -0.25) is 4.79 Å². The van der Waals surface area contributed by atoms with Crippen LogP contribution in [0.5, 0.6) is 0 Å². The van der Waals surface area contributed by atoms with Crippen molar-refractivity contribution in [3.8, 4) is 0 Å². The molecule has 0 saturated heterocycles. The van der Waals surface area contributed by atoms with Crippen LogP contribution in [0.2, 0.25) is 0 Å². The molecular formula is C16H16O2. The Bertz CT molecular complexity index is 559. The lowest BCUT2D eigenvalue weighted by Crippen LogP contribution is -2.13. The van der Waals surface area contributed by atoms with Gasteiger partial charge in [0, 0.05) is 5.56 Å². The van der Waals surface area contributed by atoms with Gasteiger partial charge >= 0.3 is 0 Å². The molecule has 0 radical (unpaired) electrons. The third kappa shape index (κ3) is 2.34. The molecule has 0 aliphatic carbocycles. The van der Waals surface area contributed by atoms with Gasteiger partial charge in [0.05, 0.1) is 0 Å². The molecule has 1 N–H and O–H groups in total. The fraction of sp³-hybridized carbons (Fsp3) is 0.188. The molecule has 0 spiro atoms. The maximum Gasteiger partial charge on any atom is 0.196 e. The van der Waals surface area contributed by atoms with E-state index in [1.165, 1.54) is 0 Å². The Morgan fingerprint density at radius 1 is 1.00 bits per heavy atom. The van der Waals surface area contributed by atoms with E-state index in [9.17, 15) is 9.90 Å². The lowest BCUT2D eigenvalue weighted by Gasteiger charge is -2.13. The first kappa shape index (κ1) is 12.5. The number of aryl methyl sites for hydroxylation is 1. The van der Waals surface area contributed by atoms with Crippen LogP contribution in [0, 0.1) is 13.8 Å². The first-order chi connectivity index (χ1) is 8.61. The average Bonchev–Trinajstić information content (AvgIpc) is 2.41. The first-order valence-electron chi connectivity index (χ1n) is 5.94. The molecule has 0 fully saturated rings. The van der Waals surface area contributed by atoms with Crippen LogP contribution in [0.25, 0.3) is 0 Å². The van der Waals surface area contributed by atoms with Gasteiger partial charge in [-0.25, -0.2) is 0 Å². The van der Waals surface area contributed by atoms with E-state index in [-0.39, 0.29) is 5.78 Å². The quantitative estimate of drug-likeness (QED) is 0.836. The molecule has 0 bridgehead atoms. The van der Waals surface area contributed by atoms with Gasteiger partial charge in [0.2, 0.25) is 0 Å². The summed E-state index contributed by atoms with van der Waals surface area (Å²) in [6.45, 7) is 3.86. The Balaban J connectivity index is 2.35. The highest BCUT2D eigenvalue weighted by atomic mass is 16.3. The van der Waals surface area contributed by atoms with Gasteiger partial charge in [-0.15, -0.1) is 0 Å². The molecule has 2 heteroatoms. The van der Waals surface area contributed by atoms with Gasteiger partial charge in [-0.1, -0.05) is 48.5 Å². The highest BCUT2D eigenvalue weighted by molar-refractivity contribution is 6.01. The zero-order valence-corrected chi connectivity index (χ0v) is 10.6. The van der Waals surface area contributed by atoms with Gasteiger partial charge in [0.15, 0.2) is 5.78 Å². The largest absolute Gasteiger partial charge is 0.380 e. The van der Waals surface area contributed by atoms with Gasteiger partial charge < -0.3 is 5.11 Å². The first-order valence-corrected chi connectivity index (χ1v) is 5.94. The molecule has 0 aliphatic rings. The number of rotatable bonds is 3. The second kappa shape index (κ2) is 5.15. The molecular weight excluding hydrogens is 224 g/mol. The smallest absolute Gasteiger partial charge is 0.196 e. The van der Waals surface area contributed by atoms with Gasteiger partial charge in [-0.05, 0) is 30.5 Å². The Hall–Kier alpha value is -1.93. The number of hydrogen-bond acceptors (Lipinski definition) is 2. The van der Waals surface area contributed by atoms with Crippen LogP contribution in [-0.4, -0.2) is 10.9 Å². The number of aliphatic hydroxyl groups excluding tert-OH is 1. The highest BCUT2D eigenvalue weighted by Crippen LogP contribution is 2.21. The van der Waals surface area contributed by atoms with Crippen molar-refractivity contribution in [1.82, 2.24) is 0 Å². The molecule has 2 rings (SSSR count). The monoisotopic (exact) mass is 240 g/mol. The number of carbonyl (C=O) groups excluding carboxylic acids is 1. The summed E-state index contributed by atoms with van der Waals surface area (Å²) in [5.41, 5.74) is 3.20. The summed E-state index contributed by atoms with van der Waals surface area (Å²) in [7, 11) is 0. The van der Waals surface area contributed by atoms with E-state index >= 15 is 0 Å². The van der Waals surface area contributed by atoms with E-state index in [4.69, 9.17) is 0 Å². The number of aliphatic hydroxyl groups is 1. The molecule has 0 aliphatic heterocycles. The second-order valence-electron chi connectivity index (χ2n) is 4.42. The van der Waals surface area contributed by atoms with Crippen LogP contribution >= 0.6 is 0 Å². The van der Waals surface area contributed by atoms with Gasteiger partial charge in [-0.2, -0.15) is 0 Å². The van der Waals surface area contributed by atoms with Crippen molar-refractivity contribution in [2.75, 3.05) is 0 Å². The SMILES string of the molecule is Cc1cccc(C(=O)C(O)c2ccccc2)c1C. The summed E-state index contributed by atoms with van der Waals surface area (Å²) in [4.78, 5) is 12.3. The third-order valence-corrected chi connectivity index (χ3v) is 3.23.